The van der Waals surface area contributed by atoms with Gasteiger partial charge in [-0.25, -0.2) is 5.84 Å². The molecule has 3 nitrogen and oxygen atoms in total. The summed E-state index contributed by atoms with van der Waals surface area (Å²) < 4.78 is 0. The lowest BCUT2D eigenvalue weighted by Gasteiger charge is -2.09. The van der Waals surface area contributed by atoms with E-state index < -0.39 is 0 Å². The van der Waals surface area contributed by atoms with Crippen molar-refractivity contribution in [2.24, 2.45) is 5.84 Å². The molecule has 0 aliphatic carbocycles. The quantitative estimate of drug-likeness (QED) is 0.258. The highest BCUT2D eigenvalue weighted by Crippen LogP contribution is 1.92. The summed E-state index contributed by atoms with van der Waals surface area (Å²) >= 11 is 0. The molecule has 0 heterocycles. The zero-order valence-electron chi connectivity index (χ0n) is 5.37. The molecule has 0 amide bonds. The van der Waals surface area contributed by atoms with Gasteiger partial charge in [-0.3, -0.25) is 9.80 Å². The maximum absolute atomic E-state index is 10.1. The third-order valence-electron chi connectivity index (χ3n) is 0.911. The van der Waals surface area contributed by atoms with Gasteiger partial charge >= 0.3 is 0 Å². The second-order valence-corrected chi connectivity index (χ2v) is 1.42. The van der Waals surface area contributed by atoms with Crippen LogP contribution < -0.4 is 5.84 Å². The molecule has 0 aromatic carbocycles. The predicted molar refractivity (Wildman–Crippen MR) is 36.0 cm³/mol. The molecule has 0 fully saturated rings. The molecule has 0 atom stereocenters. The normalized spacial score (nSPS) is 10.7. The Bertz CT molecular complexity index is 140. The lowest BCUT2D eigenvalue weighted by molar-refractivity contribution is -0.106. The standard InChI is InChI=1S/C6H10N2O/c1-3-6(5-9)8(7)4-2/h3-5H,2,7H2,1H3/b6-3-. The highest BCUT2D eigenvalue weighted by atomic mass is 16.1. The molecule has 0 spiro atoms. The summed E-state index contributed by atoms with van der Waals surface area (Å²) in [5.74, 6) is 5.25. The van der Waals surface area contributed by atoms with Gasteiger partial charge in [-0.05, 0) is 6.92 Å². The summed E-state index contributed by atoms with van der Waals surface area (Å²) in [6.45, 7) is 5.11. The summed E-state index contributed by atoms with van der Waals surface area (Å²) in [5.41, 5.74) is 0.407. The first-order chi connectivity index (χ1) is 4.26. The van der Waals surface area contributed by atoms with Crippen LogP contribution in [0.1, 0.15) is 6.92 Å². The Hall–Kier alpha value is -1.09. The minimum atomic E-state index is 0.407. The average Bonchev–Trinajstić information content (AvgIpc) is 1.90. The number of hydrogen-bond acceptors (Lipinski definition) is 3. The number of carbonyl (C=O) groups is 1. The molecular weight excluding hydrogens is 116 g/mol. The second kappa shape index (κ2) is 3.86. The molecule has 2 N–H and O–H groups in total. The zero-order valence-corrected chi connectivity index (χ0v) is 5.37. The number of carbonyl (C=O) groups excluding carboxylic acids is 1. The van der Waals surface area contributed by atoms with Crippen LogP contribution in [-0.4, -0.2) is 11.3 Å². The first kappa shape index (κ1) is 7.91. The Balaban J connectivity index is 4.11. The van der Waals surface area contributed by atoms with Crippen molar-refractivity contribution in [1.82, 2.24) is 5.01 Å². The first-order valence-electron chi connectivity index (χ1n) is 2.54. The minimum absolute atomic E-state index is 0.407. The van der Waals surface area contributed by atoms with Crippen LogP contribution in [0.2, 0.25) is 0 Å². The van der Waals surface area contributed by atoms with Gasteiger partial charge in [0, 0.05) is 6.20 Å². The molecule has 0 unspecified atom stereocenters. The van der Waals surface area contributed by atoms with Crippen LogP contribution >= 0.6 is 0 Å². The molecule has 3 heteroatoms. The third-order valence-corrected chi connectivity index (χ3v) is 0.911. The summed E-state index contributed by atoms with van der Waals surface area (Å²) in [4.78, 5) is 10.1. The van der Waals surface area contributed by atoms with E-state index in [4.69, 9.17) is 5.84 Å². The Kier molecular flexibility index (Phi) is 3.39. The maximum atomic E-state index is 10.1. The fourth-order valence-corrected chi connectivity index (χ4v) is 0.383. The van der Waals surface area contributed by atoms with Crippen molar-refractivity contribution in [1.29, 1.82) is 0 Å². The van der Waals surface area contributed by atoms with Gasteiger partial charge < -0.3 is 0 Å². The molecule has 0 aromatic heterocycles. The summed E-state index contributed by atoms with van der Waals surface area (Å²) in [6.07, 6.45) is 3.64. The van der Waals surface area contributed by atoms with E-state index in [0.717, 1.165) is 5.01 Å². The van der Waals surface area contributed by atoms with Gasteiger partial charge in [0.05, 0.1) is 5.70 Å². The first-order valence-corrected chi connectivity index (χ1v) is 2.54. The molecular formula is C6H10N2O. The Morgan fingerprint density at radius 3 is 2.44 bits per heavy atom. The smallest absolute Gasteiger partial charge is 0.167 e. The number of nitrogens with two attached hydrogens (primary N) is 1. The van der Waals surface area contributed by atoms with E-state index in [2.05, 4.69) is 6.58 Å². The van der Waals surface area contributed by atoms with Gasteiger partial charge in [0.15, 0.2) is 6.29 Å². The minimum Gasteiger partial charge on any atom is -0.296 e. The monoisotopic (exact) mass is 126 g/mol. The Morgan fingerprint density at radius 1 is 1.78 bits per heavy atom. The molecule has 0 rings (SSSR count). The van der Waals surface area contributed by atoms with Crippen molar-refractivity contribution in [2.45, 2.75) is 6.92 Å². The van der Waals surface area contributed by atoms with Crippen LogP contribution in [0.4, 0.5) is 0 Å². The molecule has 0 saturated heterocycles. The molecule has 50 valence electrons. The fourth-order valence-electron chi connectivity index (χ4n) is 0.383. The molecule has 0 radical (unpaired) electrons. The van der Waals surface area contributed by atoms with Crippen LogP contribution in [-0.2, 0) is 4.79 Å². The van der Waals surface area contributed by atoms with Gasteiger partial charge in [0.25, 0.3) is 0 Å². The van der Waals surface area contributed by atoms with Gasteiger partial charge in [-0.2, -0.15) is 0 Å². The van der Waals surface area contributed by atoms with Crippen molar-refractivity contribution in [3.63, 3.8) is 0 Å². The Labute approximate surface area is 54.4 Å². The Morgan fingerprint density at radius 2 is 2.33 bits per heavy atom. The van der Waals surface area contributed by atoms with Crippen molar-refractivity contribution < 1.29 is 4.79 Å². The van der Waals surface area contributed by atoms with E-state index >= 15 is 0 Å². The van der Waals surface area contributed by atoms with E-state index in [9.17, 15) is 4.79 Å². The highest BCUT2D eigenvalue weighted by molar-refractivity contribution is 5.72. The van der Waals surface area contributed by atoms with Gasteiger partial charge in [0.2, 0.25) is 0 Å². The number of rotatable bonds is 3. The van der Waals surface area contributed by atoms with Crippen molar-refractivity contribution in [3.8, 4) is 0 Å². The number of hydrazine groups is 1. The summed E-state index contributed by atoms with van der Waals surface area (Å²) in [7, 11) is 0. The second-order valence-electron chi connectivity index (χ2n) is 1.42. The third kappa shape index (κ3) is 2.10. The molecule has 0 aliphatic rings. The van der Waals surface area contributed by atoms with E-state index in [-0.39, 0.29) is 0 Å². The lowest BCUT2D eigenvalue weighted by atomic mass is 10.4. The topological polar surface area (TPSA) is 46.3 Å². The van der Waals surface area contributed by atoms with Crippen molar-refractivity contribution in [3.05, 3.63) is 24.6 Å². The molecule has 0 bridgehead atoms. The van der Waals surface area contributed by atoms with Crippen LogP contribution in [0.15, 0.2) is 24.6 Å². The molecule has 0 saturated carbocycles. The van der Waals surface area contributed by atoms with Crippen LogP contribution in [0.25, 0.3) is 0 Å². The van der Waals surface area contributed by atoms with E-state index in [1.54, 1.807) is 13.0 Å². The summed E-state index contributed by atoms with van der Waals surface area (Å²) in [5, 5.41) is 1.16. The zero-order chi connectivity index (χ0) is 7.28. The van der Waals surface area contributed by atoms with Crippen LogP contribution in [0.3, 0.4) is 0 Å². The van der Waals surface area contributed by atoms with E-state index in [0.29, 0.717) is 12.0 Å². The predicted octanol–water partition coefficient (Wildman–Crippen LogP) is 0.408. The number of aldehydes is 1. The van der Waals surface area contributed by atoms with Gasteiger partial charge in [-0.15, -0.1) is 0 Å². The van der Waals surface area contributed by atoms with Gasteiger partial charge in [0.1, 0.15) is 0 Å². The number of hydrogen-bond donors (Lipinski definition) is 1. The average molecular weight is 126 g/mol. The fraction of sp³-hybridized carbons (Fsp3) is 0.167. The molecule has 9 heavy (non-hydrogen) atoms. The highest BCUT2D eigenvalue weighted by Gasteiger charge is 1.94. The number of allylic oxidation sites excluding steroid dienone is 2. The van der Waals surface area contributed by atoms with Gasteiger partial charge in [-0.1, -0.05) is 12.7 Å². The van der Waals surface area contributed by atoms with Crippen molar-refractivity contribution in [2.75, 3.05) is 0 Å². The number of nitrogens with zero attached hydrogens (tertiary/aromatic N) is 1. The maximum Gasteiger partial charge on any atom is 0.167 e. The van der Waals surface area contributed by atoms with E-state index in [1.165, 1.54) is 6.20 Å². The largest absolute Gasteiger partial charge is 0.296 e. The van der Waals surface area contributed by atoms with Crippen LogP contribution in [0.5, 0.6) is 0 Å². The lowest BCUT2D eigenvalue weighted by Crippen LogP contribution is -2.24. The molecule has 0 aromatic rings. The summed E-state index contributed by atoms with van der Waals surface area (Å²) in [6, 6.07) is 0. The molecule has 0 aliphatic heterocycles. The SMILES string of the molecule is C=CN(N)/C(C=O)=C\C. The van der Waals surface area contributed by atoms with E-state index in [1.807, 2.05) is 0 Å². The van der Waals surface area contributed by atoms with Crippen molar-refractivity contribution >= 4 is 6.29 Å². The van der Waals surface area contributed by atoms with Crippen LogP contribution in [0, 0.1) is 0 Å².